The number of alkyl halides is 3. The van der Waals surface area contributed by atoms with Gasteiger partial charge in [-0.15, -0.1) is 0 Å². The highest BCUT2D eigenvalue weighted by molar-refractivity contribution is 5.83. The Kier molecular flexibility index (Phi) is 6.48. The summed E-state index contributed by atoms with van der Waals surface area (Å²) in [4.78, 5) is 19.3. The number of ether oxygens (including phenoxy) is 1. The van der Waals surface area contributed by atoms with E-state index in [1.54, 1.807) is 6.07 Å². The molecule has 1 amide bonds. The minimum absolute atomic E-state index is 0.0574. The molecule has 2 fully saturated rings. The van der Waals surface area contributed by atoms with Crippen molar-refractivity contribution >= 4 is 11.6 Å². The first kappa shape index (κ1) is 21.6. The van der Waals surface area contributed by atoms with Crippen molar-refractivity contribution in [2.24, 2.45) is 0 Å². The molecular formula is C23H26F3N3O2. The predicted octanol–water partition coefficient (Wildman–Crippen LogP) is 3.43. The van der Waals surface area contributed by atoms with Gasteiger partial charge in [-0.3, -0.25) is 9.69 Å². The molecule has 166 valence electrons. The average Bonchev–Trinajstić information content (AvgIpc) is 2.80. The van der Waals surface area contributed by atoms with E-state index in [2.05, 4.69) is 4.90 Å². The number of morpholine rings is 1. The molecule has 0 radical (unpaired) electrons. The van der Waals surface area contributed by atoms with Gasteiger partial charge < -0.3 is 14.5 Å². The van der Waals surface area contributed by atoms with Crippen LogP contribution in [0.5, 0.6) is 0 Å². The molecule has 0 bridgehead atoms. The van der Waals surface area contributed by atoms with Crippen molar-refractivity contribution in [3.8, 4) is 0 Å². The van der Waals surface area contributed by atoms with Crippen LogP contribution in [-0.2, 0) is 15.7 Å². The molecule has 2 aliphatic heterocycles. The molecule has 1 atom stereocenters. The Bertz CT molecular complexity index is 877. The van der Waals surface area contributed by atoms with Gasteiger partial charge in [0.2, 0.25) is 5.91 Å². The van der Waals surface area contributed by atoms with Gasteiger partial charge in [-0.25, -0.2) is 0 Å². The van der Waals surface area contributed by atoms with E-state index < -0.39 is 17.8 Å². The number of carbonyl (C=O) groups is 1. The fourth-order valence-electron chi connectivity index (χ4n) is 4.22. The maximum atomic E-state index is 13.4. The highest BCUT2D eigenvalue weighted by Gasteiger charge is 2.35. The van der Waals surface area contributed by atoms with Crippen molar-refractivity contribution in [2.45, 2.75) is 12.2 Å². The van der Waals surface area contributed by atoms with E-state index in [-0.39, 0.29) is 5.91 Å². The highest BCUT2D eigenvalue weighted by Crippen LogP contribution is 2.32. The second-order valence-electron chi connectivity index (χ2n) is 7.82. The van der Waals surface area contributed by atoms with Gasteiger partial charge in [0, 0.05) is 45.0 Å². The largest absolute Gasteiger partial charge is 0.416 e. The van der Waals surface area contributed by atoms with Crippen LogP contribution in [0.2, 0.25) is 0 Å². The van der Waals surface area contributed by atoms with Gasteiger partial charge in [-0.2, -0.15) is 13.2 Å². The molecule has 1 unspecified atom stereocenters. The zero-order valence-corrected chi connectivity index (χ0v) is 17.2. The predicted molar refractivity (Wildman–Crippen MR) is 112 cm³/mol. The first-order valence-corrected chi connectivity index (χ1v) is 10.5. The number of nitrogens with zero attached hydrogens (tertiary/aromatic N) is 3. The summed E-state index contributed by atoms with van der Waals surface area (Å²) >= 11 is 0. The van der Waals surface area contributed by atoms with Gasteiger partial charge in [0.15, 0.2) is 0 Å². The van der Waals surface area contributed by atoms with E-state index >= 15 is 0 Å². The molecule has 8 heteroatoms. The number of anilines is 1. The second kappa shape index (κ2) is 9.28. The van der Waals surface area contributed by atoms with Gasteiger partial charge in [0.05, 0.1) is 18.8 Å². The summed E-state index contributed by atoms with van der Waals surface area (Å²) in [5, 5.41) is 0. The molecule has 2 saturated heterocycles. The number of halogens is 3. The lowest BCUT2D eigenvalue weighted by molar-refractivity contribution is -0.141. The summed E-state index contributed by atoms with van der Waals surface area (Å²) in [7, 11) is 0. The number of hydrogen-bond donors (Lipinski definition) is 0. The van der Waals surface area contributed by atoms with E-state index in [0.29, 0.717) is 58.2 Å². The van der Waals surface area contributed by atoms with E-state index in [1.165, 1.54) is 12.1 Å². The van der Waals surface area contributed by atoms with Crippen molar-refractivity contribution in [1.29, 1.82) is 0 Å². The fraction of sp³-hybridized carbons (Fsp3) is 0.435. The molecule has 4 rings (SSSR count). The molecule has 31 heavy (non-hydrogen) atoms. The average molecular weight is 433 g/mol. The monoisotopic (exact) mass is 433 g/mol. The van der Waals surface area contributed by atoms with Crippen molar-refractivity contribution in [3.05, 3.63) is 65.7 Å². The third kappa shape index (κ3) is 5.02. The smallest absolute Gasteiger partial charge is 0.378 e. The van der Waals surface area contributed by atoms with Crippen LogP contribution in [-0.4, -0.2) is 68.2 Å². The summed E-state index contributed by atoms with van der Waals surface area (Å²) in [6.07, 6.45) is -4.36. The second-order valence-corrected chi connectivity index (χ2v) is 7.82. The number of benzene rings is 2. The molecule has 5 nitrogen and oxygen atoms in total. The van der Waals surface area contributed by atoms with Crippen LogP contribution >= 0.6 is 0 Å². The van der Waals surface area contributed by atoms with E-state index in [0.717, 1.165) is 11.6 Å². The van der Waals surface area contributed by atoms with Crippen LogP contribution in [0.15, 0.2) is 54.6 Å². The Morgan fingerprint density at radius 2 is 1.55 bits per heavy atom. The number of carbonyl (C=O) groups excluding carboxylic acids is 1. The lowest BCUT2D eigenvalue weighted by atomic mass is 10.0. The molecular weight excluding hydrogens is 407 g/mol. The minimum atomic E-state index is -4.36. The van der Waals surface area contributed by atoms with Crippen molar-refractivity contribution < 1.29 is 22.7 Å². The van der Waals surface area contributed by atoms with Crippen LogP contribution in [0.25, 0.3) is 0 Å². The van der Waals surface area contributed by atoms with Crippen molar-refractivity contribution in [1.82, 2.24) is 9.80 Å². The normalized spacial score (nSPS) is 19.3. The van der Waals surface area contributed by atoms with Crippen LogP contribution < -0.4 is 4.90 Å². The molecule has 2 heterocycles. The Labute approximate surface area is 180 Å². The zero-order valence-electron chi connectivity index (χ0n) is 17.2. The highest BCUT2D eigenvalue weighted by atomic mass is 19.4. The van der Waals surface area contributed by atoms with Crippen LogP contribution in [0.3, 0.4) is 0 Å². The van der Waals surface area contributed by atoms with E-state index in [4.69, 9.17) is 4.74 Å². The number of piperazine rings is 1. The first-order valence-electron chi connectivity index (χ1n) is 10.5. The molecule has 0 aromatic heterocycles. The maximum absolute atomic E-state index is 13.4. The number of amides is 1. The van der Waals surface area contributed by atoms with Crippen molar-refractivity contribution in [3.63, 3.8) is 0 Å². The van der Waals surface area contributed by atoms with Gasteiger partial charge in [-0.1, -0.05) is 36.4 Å². The summed E-state index contributed by atoms with van der Waals surface area (Å²) in [6.45, 7) is 4.52. The number of hydrogen-bond acceptors (Lipinski definition) is 4. The quantitative estimate of drug-likeness (QED) is 0.740. The summed E-state index contributed by atoms with van der Waals surface area (Å²) in [6, 6.07) is 14.7. The SMILES string of the molecule is O=C(C(c1ccccc1)N1CCN(c2cccc(C(F)(F)F)c2)CC1)N1CCOCC1. The third-order valence-electron chi connectivity index (χ3n) is 5.89. The molecule has 0 N–H and O–H groups in total. The summed E-state index contributed by atoms with van der Waals surface area (Å²) < 4.78 is 44.6. The van der Waals surface area contributed by atoms with Crippen LogP contribution in [0.1, 0.15) is 17.2 Å². The molecule has 2 aromatic rings. The van der Waals surface area contributed by atoms with Gasteiger partial charge >= 0.3 is 6.18 Å². The maximum Gasteiger partial charge on any atom is 0.416 e. The molecule has 2 aromatic carbocycles. The summed E-state index contributed by atoms with van der Waals surface area (Å²) in [5.74, 6) is 0.0574. The topological polar surface area (TPSA) is 36.0 Å². The van der Waals surface area contributed by atoms with E-state index in [1.807, 2.05) is 40.1 Å². The lowest BCUT2D eigenvalue weighted by Gasteiger charge is -2.41. The molecule has 2 aliphatic rings. The molecule has 0 saturated carbocycles. The number of rotatable bonds is 4. The van der Waals surface area contributed by atoms with Gasteiger partial charge in [0.25, 0.3) is 0 Å². The fourth-order valence-corrected chi connectivity index (χ4v) is 4.22. The lowest BCUT2D eigenvalue weighted by Crippen LogP contribution is -2.53. The van der Waals surface area contributed by atoms with Crippen LogP contribution in [0, 0.1) is 0 Å². The third-order valence-corrected chi connectivity index (χ3v) is 5.89. The zero-order chi connectivity index (χ0) is 21.8. The summed E-state index contributed by atoms with van der Waals surface area (Å²) in [5.41, 5.74) is 0.855. The van der Waals surface area contributed by atoms with Gasteiger partial charge in [0.1, 0.15) is 6.04 Å². The molecule has 0 aliphatic carbocycles. The Hall–Kier alpha value is -2.58. The van der Waals surface area contributed by atoms with Gasteiger partial charge in [-0.05, 0) is 23.8 Å². The molecule has 0 spiro atoms. The minimum Gasteiger partial charge on any atom is -0.378 e. The standard InChI is InChI=1S/C23H26F3N3O2/c24-23(25,26)19-7-4-8-20(17-19)27-9-11-28(12-10-27)21(18-5-2-1-3-6-18)22(30)29-13-15-31-16-14-29/h1-8,17,21H,9-16H2. The van der Waals surface area contributed by atoms with Crippen molar-refractivity contribution in [2.75, 3.05) is 57.4 Å². The Morgan fingerprint density at radius 3 is 2.19 bits per heavy atom. The van der Waals surface area contributed by atoms with Crippen LogP contribution in [0.4, 0.5) is 18.9 Å². The Morgan fingerprint density at radius 1 is 0.871 bits per heavy atom. The van der Waals surface area contributed by atoms with E-state index in [9.17, 15) is 18.0 Å². The Balaban J connectivity index is 1.49. The first-order chi connectivity index (χ1) is 14.9.